The van der Waals surface area contributed by atoms with E-state index in [1.807, 2.05) is 38.2 Å². The third-order valence-electron chi connectivity index (χ3n) is 3.75. The van der Waals surface area contributed by atoms with Crippen molar-refractivity contribution in [1.82, 2.24) is 19.9 Å². The van der Waals surface area contributed by atoms with E-state index in [4.69, 9.17) is 0 Å². The van der Waals surface area contributed by atoms with Crippen molar-refractivity contribution in [3.05, 3.63) is 65.2 Å². The van der Waals surface area contributed by atoms with E-state index in [0.717, 1.165) is 22.7 Å². The van der Waals surface area contributed by atoms with Crippen LogP contribution in [0.2, 0.25) is 0 Å². The first kappa shape index (κ1) is 16.3. The Balaban J connectivity index is 1.71. The van der Waals surface area contributed by atoms with Crippen molar-refractivity contribution in [3.8, 4) is 10.6 Å². The van der Waals surface area contributed by atoms with Crippen molar-refractivity contribution in [3.63, 3.8) is 0 Å². The van der Waals surface area contributed by atoms with Gasteiger partial charge in [0.25, 0.3) is 5.91 Å². The molecule has 0 aliphatic heterocycles. The van der Waals surface area contributed by atoms with E-state index in [2.05, 4.69) is 15.0 Å². The highest BCUT2D eigenvalue weighted by atomic mass is 32.1. The van der Waals surface area contributed by atoms with Crippen LogP contribution in [0.1, 0.15) is 20.9 Å². The van der Waals surface area contributed by atoms with Crippen molar-refractivity contribution < 1.29 is 4.79 Å². The molecule has 0 saturated carbocycles. The Bertz CT molecular complexity index is 818. The second-order valence-electron chi connectivity index (χ2n) is 5.50. The predicted molar refractivity (Wildman–Crippen MR) is 95.0 cm³/mol. The molecule has 0 spiro atoms. The van der Waals surface area contributed by atoms with Gasteiger partial charge in [0.1, 0.15) is 9.88 Å². The Morgan fingerprint density at radius 2 is 1.71 bits per heavy atom. The molecule has 0 aliphatic carbocycles. The molecule has 0 N–H and O–H groups in total. The zero-order chi connectivity index (χ0) is 16.9. The molecule has 3 rings (SSSR count). The summed E-state index contributed by atoms with van der Waals surface area (Å²) >= 11 is 1.43. The lowest BCUT2D eigenvalue weighted by Crippen LogP contribution is -2.28. The lowest BCUT2D eigenvalue weighted by molar-refractivity contribution is 0.0800. The topological polar surface area (TPSA) is 59.0 Å². The number of carbonyl (C=O) groups excluding carboxylic acids is 1. The van der Waals surface area contributed by atoms with E-state index in [-0.39, 0.29) is 5.91 Å². The molecule has 122 valence electrons. The number of likely N-dealkylation sites (N-methyl/N-ethyl adjacent to an activating group) is 1. The van der Waals surface area contributed by atoms with Crippen molar-refractivity contribution >= 4 is 17.2 Å². The number of hydrogen-bond acceptors (Lipinski definition) is 5. The van der Waals surface area contributed by atoms with Crippen LogP contribution in [-0.2, 0) is 6.42 Å². The number of aromatic nitrogens is 3. The van der Waals surface area contributed by atoms with Gasteiger partial charge >= 0.3 is 0 Å². The van der Waals surface area contributed by atoms with Crippen LogP contribution in [0, 0.1) is 6.92 Å². The van der Waals surface area contributed by atoms with Gasteiger partial charge < -0.3 is 4.90 Å². The minimum absolute atomic E-state index is 0.0133. The third kappa shape index (κ3) is 3.65. The lowest BCUT2D eigenvalue weighted by atomic mass is 10.2. The highest BCUT2D eigenvalue weighted by molar-refractivity contribution is 7.17. The molecule has 5 nitrogen and oxygen atoms in total. The van der Waals surface area contributed by atoms with Crippen molar-refractivity contribution in [2.75, 3.05) is 13.6 Å². The molecule has 1 amide bonds. The summed E-state index contributed by atoms with van der Waals surface area (Å²) in [6.07, 6.45) is 7.81. The average Bonchev–Trinajstić information content (AvgIpc) is 3.02. The van der Waals surface area contributed by atoms with Crippen LogP contribution in [0.25, 0.3) is 10.6 Å². The second-order valence-corrected chi connectivity index (χ2v) is 6.50. The molecule has 3 aromatic heterocycles. The van der Waals surface area contributed by atoms with Crippen molar-refractivity contribution in [2.24, 2.45) is 0 Å². The Labute approximate surface area is 145 Å². The second kappa shape index (κ2) is 7.31. The monoisotopic (exact) mass is 338 g/mol. The molecule has 3 aromatic rings. The van der Waals surface area contributed by atoms with Crippen LogP contribution in [0.3, 0.4) is 0 Å². The van der Waals surface area contributed by atoms with Gasteiger partial charge in [-0.15, -0.1) is 11.3 Å². The maximum Gasteiger partial charge on any atom is 0.265 e. The Hall–Kier alpha value is -2.60. The number of pyridine rings is 2. The summed E-state index contributed by atoms with van der Waals surface area (Å²) in [5.74, 6) is 0.0133. The normalized spacial score (nSPS) is 10.6. The molecular weight excluding hydrogens is 320 g/mol. The predicted octanol–water partition coefficient (Wildman–Crippen LogP) is 3.22. The summed E-state index contributed by atoms with van der Waals surface area (Å²) in [5, 5.41) is 0.848. The first-order valence-electron chi connectivity index (χ1n) is 7.67. The van der Waals surface area contributed by atoms with Crippen LogP contribution < -0.4 is 0 Å². The van der Waals surface area contributed by atoms with Gasteiger partial charge in [-0.25, -0.2) is 4.98 Å². The average molecular weight is 338 g/mol. The number of nitrogens with zero attached hydrogens (tertiary/aromatic N) is 4. The molecule has 0 unspecified atom stereocenters. The minimum Gasteiger partial charge on any atom is -0.341 e. The molecule has 0 atom stereocenters. The maximum atomic E-state index is 12.7. The number of rotatable bonds is 5. The molecule has 0 aromatic carbocycles. The van der Waals surface area contributed by atoms with Gasteiger partial charge in [0.05, 0.1) is 5.69 Å². The number of thiazole rings is 1. The minimum atomic E-state index is 0.0133. The maximum absolute atomic E-state index is 12.7. The summed E-state index contributed by atoms with van der Waals surface area (Å²) < 4.78 is 0. The largest absolute Gasteiger partial charge is 0.341 e. The zero-order valence-electron chi connectivity index (χ0n) is 13.6. The summed E-state index contributed by atoms with van der Waals surface area (Å²) in [6, 6.07) is 7.75. The van der Waals surface area contributed by atoms with Crippen molar-refractivity contribution in [2.45, 2.75) is 13.3 Å². The van der Waals surface area contributed by atoms with E-state index in [9.17, 15) is 4.79 Å². The molecule has 0 radical (unpaired) electrons. The quantitative estimate of drug-likeness (QED) is 0.717. The molecule has 0 saturated heterocycles. The molecule has 0 fully saturated rings. The lowest BCUT2D eigenvalue weighted by Gasteiger charge is -2.16. The summed E-state index contributed by atoms with van der Waals surface area (Å²) in [4.78, 5) is 27.7. The fourth-order valence-corrected chi connectivity index (χ4v) is 3.40. The van der Waals surface area contributed by atoms with E-state index < -0.39 is 0 Å². The number of amides is 1. The molecular formula is C18H18N4OS. The number of carbonyl (C=O) groups is 1. The van der Waals surface area contributed by atoms with Gasteiger partial charge in [-0.3, -0.25) is 14.8 Å². The summed E-state index contributed by atoms with van der Waals surface area (Å²) in [7, 11) is 1.83. The molecule has 24 heavy (non-hydrogen) atoms. The van der Waals surface area contributed by atoms with Gasteiger partial charge in [0.15, 0.2) is 0 Å². The third-order valence-corrected chi connectivity index (χ3v) is 4.94. The van der Waals surface area contributed by atoms with Gasteiger partial charge in [0, 0.05) is 43.9 Å². The van der Waals surface area contributed by atoms with Crippen LogP contribution in [0.15, 0.2) is 49.1 Å². The van der Waals surface area contributed by atoms with Crippen LogP contribution in [0.5, 0.6) is 0 Å². The standard InChI is InChI=1S/C18H18N4OS/c1-13-16(24-17(21-13)15-5-10-20-11-6-15)18(23)22(2)12-7-14-3-8-19-9-4-14/h3-6,8-11H,7,12H2,1-2H3. The SMILES string of the molecule is Cc1nc(-c2ccncc2)sc1C(=O)N(C)CCc1ccncc1. The Kier molecular flexibility index (Phi) is 4.96. The zero-order valence-corrected chi connectivity index (χ0v) is 14.5. The molecule has 0 bridgehead atoms. The van der Waals surface area contributed by atoms with Crippen LogP contribution in [0.4, 0.5) is 0 Å². The van der Waals surface area contributed by atoms with E-state index in [1.54, 1.807) is 29.7 Å². The summed E-state index contributed by atoms with van der Waals surface area (Å²) in [5.41, 5.74) is 2.92. The Morgan fingerprint density at radius 1 is 1.08 bits per heavy atom. The molecule has 6 heteroatoms. The first-order valence-corrected chi connectivity index (χ1v) is 8.49. The van der Waals surface area contributed by atoms with Gasteiger partial charge in [-0.2, -0.15) is 0 Å². The van der Waals surface area contributed by atoms with Gasteiger partial charge in [0.2, 0.25) is 0 Å². The number of hydrogen-bond donors (Lipinski definition) is 0. The molecule has 3 heterocycles. The first-order chi connectivity index (χ1) is 11.6. The highest BCUT2D eigenvalue weighted by Gasteiger charge is 2.19. The molecule has 0 aliphatic rings. The number of aryl methyl sites for hydroxylation is 1. The smallest absolute Gasteiger partial charge is 0.265 e. The van der Waals surface area contributed by atoms with Gasteiger partial charge in [-0.05, 0) is 43.2 Å². The summed E-state index contributed by atoms with van der Waals surface area (Å²) in [6.45, 7) is 2.54. The van der Waals surface area contributed by atoms with Crippen LogP contribution >= 0.6 is 11.3 Å². The highest BCUT2D eigenvalue weighted by Crippen LogP contribution is 2.28. The Morgan fingerprint density at radius 3 is 2.38 bits per heavy atom. The van der Waals surface area contributed by atoms with Gasteiger partial charge in [-0.1, -0.05) is 0 Å². The fraction of sp³-hybridized carbons (Fsp3) is 0.222. The van der Waals surface area contributed by atoms with Crippen molar-refractivity contribution in [1.29, 1.82) is 0 Å². The van der Waals surface area contributed by atoms with Crippen LogP contribution in [-0.4, -0.2) is 39.4 Å². The fourth-order valence-electron chi connectivity index (χ4n) is 2.33. The van der Waals surface area contributed by atoms with E-state index >= 15 is 0 Å². The van der Waals surface area contributed by atoms with E-state index in [1.165, 1.54) is 16.9 Å². The van der Waals surface area contributed by atoms with E-state index in [0.29, 0.717) is 11.4 Å².